The van der Waals surface area contributed by atoms with E-state index in [1.165, 1.54) is 28.9 Å². The van der Waals surface area contributed by atoms with Gasteiger partial charge in [-0.25, -0.2) is 4.39 Å². The fourth-order valence-corrected chi connectivity index (χ4v) is 2.87. The number of hydrogen-bond acceptors (Lipinski definition) is 4. The molecule has 0 aliphatic carbocycles. The maximum atomic E-state index is 13.0. The molecule has 1 amide bonds. The average Bonchev–Trinajstić information content (AvgIpc) is 2.81. The molecular formula is C24H18FN3O3. The maximum absolute atomic E-state index is 13.0. The average molecular weight is 415 g/mol. The Bertz CT molecular complexity index is 1240. The first kappa shape index (κ1) is 20.0. The molecule has 0 unspecified atom stereocenters. The van der Waals surface area contributed by atoms with E-state index in [1.54, 1.807) is 48.5 Å². The molecule has 0 saturated heterocycles. The van der Waals surface area contributed by atoms with Crippen LogP contribution in [0.15, 0.2) is 95.8 Å². The second kappa shape index (κ2) is 9.04. The van der Waals surface area contributed by atoms with Gasteiger partial charge in [-0.05, 0) is 60.2 Å². The van der Waals surface area contributed by atoms with Crippen molar-refractivity contribution in [2.24, 2.45) is 0 Å². The molecular weight excluding hydrogens is 397 g/mol. The van der Waals surface area contributed by atoms with Crippen molar-refractivity contribution in [1.29, 1.82) is 0 Å². The summed E-state index contributed by atoms with van der Waals surface area (Å²) in [6.45, 7) is 0.280. The van der Waals surface area contributed by atoms with Gasteiger partial charge in [0.05, 0.1) is 5.69 Å². The van der Waals surface area contributed by atoms with Crippen molar-refractivity contribution in [3.63, 3.8) is 0 Å². The van der Waals surface area contributed by atoms with Crippen LogP contribution in [0.25, 0.3) is 5.69 Å². The van der Waals surface area contributed by atoms with E-state index in [-0.39, 0.29) is 23.6 Å². The third-order valence-electron chi connectivity index (χ3n) is 4.46. The first-order valence-corrected chi connectivity index (χ1v) is 9.55. The van der Waals surface area contributed by atoms with Crippen LogP contribution in [0.3, 0.4) is 0 Å². The summed E-state index contributed by atoms with van der Waals surface area (Å²) in [7, 11) is 0. The summed E-state index contributed by atoms with van der Waals surface area (Å²) in [6.07, 6.45) is 0. The molecule has 6 nitrogen and oxygen atoms in total. The van der Waals surface area contributed by atoms with Gasteiger partial charge >= 0.3 is 0 Å². The quantitative estimate of drug-likeness (QED) is 0.515. The molecule has 1 aromatic heterocycles. The highest BCUT2D eigenvalue weighted by atomic mass is 19.1. The second-order valence-electron chi connectivity index (χ2n) is 6.69. The standard InChI is InChI=1S/C24H18FN3O3/c25-18-8-12-21(13-9-18)31-20-10-6-17(7-11-20)16-26-24(30)22-14-15-23(29)28(27-22)19-4-2-1-3-5-19/h1-15H,16H2,(H,26,30). The zero-order valence-corrected chi connectivity index (χ0v) is 16.4. The molecule has 1 heterocycles. The van der Waals surface area contributed by atoms with Gasteiger partial charge in [0.15, 0.2) is 0 Å². The van der Waals surface area contributed by atoms with Gasteiger partial charge in [0.1, 0.15) is 23.0 Å². The molecule has 0 atom stereocenters. The zero-order valence-electron chi connectivity index (χ0n) is 16.4. The van der Waals surface area contributed by atoms with Crippen LogP contribution in [0.2, 0.25) is 0 Å². The van der Waals surface area contributed by atoms with E-state index in [0.717, 1.165) is 5.56 Å². The molecule has 31 heavy (non-hydrogen) atoms. The first-order valence-electron chi connectivity index (χ1n) is 9.55. The smallest absolute Gasteiger partial charge is 0.272 e. The van der Waals surface area contributed by atoms with Gasteiger partial charge in [-0.15, -0.1) is 0 Å². The lowest BCUT2D eigenvalue weighted by molar-refractivity contribution is 0.0944. The van der Waals surface area contributed by atoms with Gasteiger partial charge in [0.25, 0.3) is 11.5 Å². The van der Waals surface area contributed by atoms with Crippen molar-refractivity contribution in [1.82, 2.24) is 15.1 Å². The number of nitrogens with one attached hydrogen (secondary N) is 1. The molecule has 1 N–H and O–H groups in total. The molecule has 7 heteroatoms. The molecule has 4 aromatic rings. The minimum atomic E-state index is -0.392. The van der Waals surface area contributed by atoms with Crippen LogP contribution in [0.4, 0.5) is 4.39 Å². The largest absolute Gasteiger partial charge is 0.457 e. The Morgan fingerprint density at radius 3 is 2.19 bits per heavy atom. The van der Waals surface area contributed by atoms with E-state index in [1.807, 2.05) is 18.2 Å². The van der Waals surface area contributed by atoms with Gasteiger partial charge in [-0.1, -0.05) is 30.3 Å². The summed E-state index contributed by atoms with van der Waals surface area (Å²) in [6, 6.07) is 24.5. The number of aromatic nitrogens is 2. The summed E-state index contributed by atoms with van der Waals surface area (Å²) < 4.78 is 19.8. The third kappa shape index (κ3) is 5.02. The monoisotopic (exact) mass is 415 g/mol. The van der Waals surface area contributed by atoms with Gasteiger partial charge in [0.2, 0.25) is 0 Å². The van der Waals surface area contributed by atoms with Crippen LogP contribution >= 0.6 is 0 Å². The Balaban J connectivity index is 1.39. The van der Waals surface area contributed by atoms with Gasteiger partial charge in [-0.3, -0.25) is 9.59 Å². The highest BCUT2D eigenvalue weighted by Crippen LogP contribution is 2.21. The Kier molecular flexibility index (Phi) is 5.84. The third-order valence-corrected chi connectivity index (χ3v) is 4.46. The molecule has 154 valence electrons. The second-order valence-corrected chi connectivity index (χ2v) is 6.69. The van der Waals surface area contributed by atoms with Crippen molar-refractivity contribution in [3.05, 3.63) is 118 Å². The normalized spacial score (nSPS) is 10.5. The van der Waals surface area contributed by atoms with Crippen molar-refractivity contribution >= 4 is 5.91 Å². The molecule has 0 aliphatic heterocycles. The first-order chi connectivity index (χ1) is 15.1. The van der Waals surface area contributed by atoms with E-state index < -0.39 is 5.91 Å². The molecule has 0 bridgehead atoms. The summed E-state index contributed by atoms with van der Waals surface area (Å²) >= 11 is 0. The Morgan fingerprint density at radius 2 is 1.52 bits per heavy atom. The SMILES string of the molecule is O=C(NCc1ccc(Oc2ccc(F)cc2)cc1)c1ccc(=O)n(-c2ccccc2)n1. The molecule has 4 rings (SSSR count). The molecule has 0 fully saturated rings. The number of nitrogens with zero attached hydrogens (tertiary/aromatic N) is 2. The number of hydrogen-bond donors (Lipinski definition) is 1. The summed E-state index contributed by atoms with van der Waals surface area (Å²) in [5.41, 5.74) is 1.26. The van der Waals surface area contributed by atoms with Gasteiger partial charge in [-0.2, -0.15) is 9.78 Å². The Labute approximate surface area is 177 Å². The predicted octanol–water partition coefficient (Wildman–Crippen LogP) is 4.09. The highest BCUT2D eigenvalue weighted by Gasteiger charge is 2.10. The van der Waals surface area contributed by atoms with E-state index in [4.69, 9.17) is 4.74 Å². The maximum Gasteiger partial charge on any atom is 0.272 e. The molecule has 0 spiro atoms. The van der Waals surface area contributed by atoms with Crippen LogP contribution in [0.1, 0.15) is 16.1 Å². The minimum absolute atomic E-state index is 0.139. The lowest BCUT2D eigenvalue weighted by Crippen LogP contribution is -2.28. The number of carbonyl (C=O) groups excluding carboxylic acids is 1. The summed E-state index contributed by atoms with van der Waals surface area (Å²) in [4.78, 5) is 24.6. The Morgan fingerprint density at radius 1 is 0.871 bits per heavy atom. The topological polar surface area (TPSA) is 73.2 Å². The number of carbonyl (C=O) groups is 1. The molecule has 3 aromatic carbocycles. The van der Waals surface area contributed by atoms with Gasteiger partial charge in [0, 0.05) is 12.6 Å². The number of benzene rings is 3. The minimum Gasteiger partial charge on any atom is -0.457 e. The number of rotatable bonds is 6. The van der Waals surface area contributed by atoms with E-state index in [0.29, 0.717) is 17.2 Å². The predicted molar refractivity (Wildman–Crippen MR) is 114 cm³/mol. The lowest BCUT2D eigenvalue weighted by atomic mass is 10.2. The van der Waals surface area contributed by atoms with Crippen LogP contribution in [-0.2, 0) is 6.54 Å². The number of ether oxygens (including phenoxy) is 1. The lowest BCUT2D eigenvalue weighted by Gasteiger charge is -2.09. The van der Waals surface area contributed by atoms with Crippen LogP contribution < -0.4 is 15.6 Å². The summed E-state index contributed by atoms with van der Waals surface area (Å²) in [5, 5.41) is 6.96. The Hall–Kier alpha value is -4.26. The zero-order chi connectivity index (χ0) is 21.6. The van der Waals surface area contributed by atoms with Crippen molar-refractivity contribution < 1.29 is 13.9 Å². The number of para-hydroxylation sites is 1. The van der Waals surface area contributed by atoms with Crippen LogP contribution in [0, 0.1) is 5.82 Å². The van der Waals surface area contributed by atoms with Gasteiger partial charge < -0.3 is 10.1 Å². The van der Waals surface area contributed by atoms with E-state index >= 15 is 0 Å². The van der Waals surface area contributed by atoms with E-state index in [9.17, 15) is 14.0 Å². The van der Waals surface area contributed by atoms with Crippen molar-refractivity contribution in [3.8, 4) is 17.2 Å². The van der Waals surface area contributed by atoms with Crippen LogP contribution in [0.5, 0.6) is 11.5 Å². The van der Waals surface area contributed by atoms with Crippen molar-refractivity contribution in [2.45, 2.75) is 6.54 Å². The number of amides is 1. The van der Waals surface area contributed by atoms with E-state index in [2.05, 4.69) is 10.4 Å². The molecule has 0 aliphatic rings. The molecule has 0 radical (unpaired) electrons. The van der Waals surface area contributed by atoms with Crippen molar-refractivity contribution in [2.75, 3.05) is 0 Å². The summed E-state index contributed by atoms with van der Waals surface area (Å²) in [5.74, 6) is 0.406. The highest BCUT2D eigenvalue weighted by molar-refractivity contribution is 5.92. The fraction of sp³-hybridized carbons (Fsp3) is 0.0417. The molecule has 0 saturated carbocycles. The fourth-order valence-electron chi connectivity index (χ4n) is 2.87. The van der Waals surface area contributed by atoms with Crippen LogP contribution in [-0.4, -0.2) is 15.7 Å². The number of halogens is 1.